The summed E-state index contributed by atoms with van der Waals surface area (Å²) in [5.74, 6) is 0.611. The fraction of sp³-hybridized carbons (Fsp3) is 0.625. The molecular weight excluding hydrogens is 220 g/mol. The number of aryl methyl sites for hydroxylation is 1. The van der Waals surface area contributed by atoms with Gasteiger partial charge in [0.05, 0.1) is 0 Å². The van der Waals surface area contributed by atoms with Crippen LogP contribution < -0.4 is 5.32 Å². The summed E-state index contributed by atoms with van der Waals surface area (Å²) in [6.07, 6.45) is 2.67. The van der Waals surface area contributed by atoms with Crippen molar-refractivity contribution in [2.24, 2.45) is 0 Å². The highest BCUT2D eigenvalue weighted by atomic mass is 15.2. The summed E-state index contributed by atoms with van der Waals surface area (Å²) in [6.45, 7) is 9.03. The van der Waals surface area contributed by atoms with E-state index in [1.165, 1.54) is 36.2 Å². The summed E-state index contributed by atoms with van der Waals surface area (Å²) in [4.78, 5) is 2.46. The van der Waals surface area contributed by atoms with Crippen LogP contribution in [-0.2, 0) is 0 Å². The number of hydrogen-bond donors (Lipinski definition) is 1. The van der Waals surface area contributed by atoms with E-state index in [-0.39, 0.29) is 0 Å². The Morgan fingerprint density at radius 2 is 2.17 bits per heavy atom. The van der Waals surface area contributed by atoms with Crippen LogP contribution in [-0.4, -0.2) is 31.1 Å². The predicted octanol–water partition coefficient (Wildman–Crippen LogP) is 3.62. The lowest BCUT2D eigenvalue weighted by molar-refractivity contribution is 0.322. The van der Waals surface area contributed by atoms with Crippen molar-refractivity contribution in [3.8, 4) is 0 Å². The number of hydrogen-bond acceptors (Lipinski definition) is 2. The van der Waals surface area contributed by atoms with Crippen LogP contribution in [0.2, 0.25) is 0 Å². The van der Waals surface area contributed by atoms with Crippen LogP contribution in [0.15, 0.2) is 18.2 Å². The average molecular weight is 246 g/mol. The van der Waals surface area contributed by atoms with E-state index in [0.29, 0.717) is 12.0 Å². The Kier molecular flexibility index (Phi) is 4.28. The van der Waals surface area contributed by atoms with E-state index >= 15 is 0 Å². The molecule has 1 fully saturated rings. The van der Waals surface area contributed by atoms with Gasteiger partial charge in [-0.15, -0.1) is 0 Å². The van der Waals surface area contributed by atoms with Crippen molar-refractivity contribution >= 4 is 5.69 Å². The molecule has 0 bridgehead atoms. The molecule has 2 nitrogen and oxygen atoms in total. The van der Waals surface area contributed by atoms with Crippen LogP contribution in [0.1, 0.15) is 43.7 Å². The van der Waals surface area contributed by atoms with Crippen molar-refractivity contribution in [3.05, 3.63) is 29.3 Å². The second-order valence-electron chi connectivity index (χ2n) is 5.88. The number of likely N-dealkylation sites (tertiary alicyclic amines) is 1. The van der Waals surface area contributed by atoms with E-state index < -0.39 is 0 Å². The number of rotatable bonds is 4. The molecule has 18 heavy (non-hydrogen) atoms. The number of anilines is 1. The first-order valence-electron chi connectivity index (χ1n) is 7.12. The van der Waals surface area contributed by atoms with E-state index in [1.807, 2.05) is 0 Å². The number of benzene rings is 1. The Balaban J connectivity index is 1.95. The Labute approximate surface area is 111 Å². The van der Waals surface area contributed by atoms with Gasteiger partial charge >= 0.3 is 0 Å². The Bertz CT molecular complexity index is 398. The number of nitrogens with zero attached hydrogens (tertiary/aromatic N) is 1. The highest BCUT2D eigenvalue weighted by Gasteiger charge is 2.20. The molecular formula is C16H26N2. The van der Waals surface area contributed by atoms with Crippen molar-refractivity contribution in [1.82, 2.24) is 4.90 Å². The molecule has 1 heterocycles. The van der Waals surface area contributed by atoms with Gasteiger partial charge in [0.25, 0.3) is 0 Å². The molecule has 1 unspecified atom stereocenters. The molecule has 100 valence electrons. The quantitative estimate of drug-likeness (QED) is 0.873. The molecule has 1 aliphatic heterocycles. The summed E-state index contributed by atoms with van der Waals surface area (Å²) >= 11 is 0. The molecule has 0 radical (unpaired) electrons. The van der Waals surface area contributed by atoms with Gasteiger partial charge in [0.1, 0.15) is 0 Å². The van der Waals surface area contributed by atoms with Crippen LogP contribution in [0, 0.1) is 6.92 Å². The summed E-state index contributed by atoms with van der Waals surface area (Å²) in [7, 11) is 2.23. The van der Waals surface area contributed by atoms with Gasteiger partial charge in [0, 0.05) is 18.3 Å². The first-order chi connectivity index (χ1) is 8.58. The van der Waals surface area contributed by atoms with Crippen LogP contribution in [0.5, 0.6) is 0 Å². The molecule has 0 aromatic heterocycles. The zero-order chi connectivity index (χ0) is 13.1. The number of nitrogens with one attached hydrogen (secondary N) is 1. The van der Waals surface area contributed by atoms with E-state index in [1.54, 1.807) is 0 Å². The average Bonchev–Trinajstić information content (AvgIpc) is 2.72. The van der Waals surface area contributed by atoms with Crippen molar-refractivity contribution in [3.63, 3.8) is 0 Å². The van der Waals surface area contributed by atoms with Crippen molar-refractivity contribution < 1.29 is 0 Å². The Morgan fingerprint density at radius 1 is 1.39 bits per heavy atom. The van der Waals surface area contributed by atoms with Crippen molar-refractivity contribution in [2.45, 2.75) is 45.6 Å². The van der Waals surface area contributed by atoms with Crippen LogP contribution in [0.25, 0.3) is 0 Å². The third kappa shape index (κ3) is 3.05. The molecule has 1 saturated heterocycles. The van der Waals surface area contributed by atoms with Crippen molar-refractivity contribution in [2.75, 3.05) is 25.5 Å². The molecule has 0 aliphatic carbocycles. The maximum absolute atomic E-state index is 3.58. The Hall–Kier alpha value is -1.02. The van der Waals surface area contributed by atoms with Gasteiger partial charge in [-0.3, -0.25) is 0 Å². The van der Waals surface area contributed by atoms with Gasteiger partial charge in [-0.05, 0) is 62.5 Å². The Morgan fingerprint density at radius 3 is 2.72 bits per heavy atom. The molecule has 2 heteroatoms. The fourth-order valence-corrected chi connectivity index (χ4v) is 2.91. The minimum Gasteiger partial charge on any atom is -0.383 e. The standard InChI is InChI=1S/C16H26N2/c1-12(2)16-8-7-14(10-13(16)3)17-11-15-6-5-9-18(15)4/h7-8,10,12,15,17H,5-6,9,11H2,1-4H3. The van der Waals surface area contributed by atoms with Crippen LogP contribution >= 0.6 is 0 Å². The number of likely N-dealkylation sites (N-methyl/N-ethyl adjacent to an activating group) is 1. The summed E-state index contributed by atoms with van der Waals surface area (Å²) in [6, 6.07) is 7.47. The lowest BCUT2D eigenvalue weighted by atomic mass is 9.97. The SMILES string of the molecule is Cc1cc(NCC2CCCN2C)ccc1C(C)C. The molecule has 1 aromatic carbocycles. The maximum atomic E-state index is 3.58. The minimum atomic E-state index is 0.611. The van der Waals surface area contributed by atoms with E-state index in [2.05, 4.69) is 56.2 Å². The molecule has 1 atom stereocenters. The molecule has 0 amide bonds. The second-order valence-corrected chi connectivity index (χ2v) is 5.88. The van der Waals surface area contributed by atoms with Crippen LogP contribution in [0.4, 0.5) is 5.69 Å². The topological polar surface area (TPSA) is 15.3 Å². The summed E-state index contributed by atoms with van der Waals surface area (Å²) in [5.41, 5.74) is 4.12. The molecule has 1 aromatic rings. The minimum absolute atomic E-state index is 0.611. The lowest BCUT2D eigenvalue weighted by Gasteiger charge is -2.21. The van der Waals surface area contributed by atoms with Gasteiger partial charge in [-0.1, -0.05) is 19.9 Å². The monoisotopic (exact) mass is 246 g/mol. The molecule has 0 saturated carbocycles. The highest BCUT2D eigenvalue weighted by Crippen LogP contribution is 2.23. The zero-order valence-corrected chi connectivity index (χ0v) is 12.2. The van der Waals surface area contributed by atoms with Gasteiger partial charge < -0.3 is 10.2 Å². The maximum Gasteiger partial charge on any atom is 0.0343 e. The third-order valence-electron chi connectivity index (χ3n) is 4.11. The van der Waals surface area contributed by atoms with E-state index in [4.69, 9.17) is 0 Å². The second kappa shape index (κ2) is 5.75. The third-order valence-corrected chi connectivity index (χ3v) is 4.11. The molecule has 1 aliphatic rings. The largest absolute Gasteiger partial charge is 0.383 e. The van der Waals surface area contributed by atoms with Gasteiger partial charge in [-0.2, -0.15) is 0 Å². The highest BCUT2D eigenvalue weighted by molar-refractivity contribution is 5.49. The van der Waals surface area contributed by atoms with Gasteiger partial charge in [0.15, 0.2) is 0 Å². The molecule has 1 N–H and O–H groups in total. The van der Waals surface area contributed by atoms with Gasteiger partial charge in [-0.25, -0.2) is 0 Å². The summed E-state index contributed by atoms with van der Waals surface area (Å²) < 4.78 is 0. The van der Waals surface area contributed by atoms with Crippen LogP contribution in [0.3, 0.4) is 0 Å². The van der Waals surface area contributed by atoms with Crippen molar-refractivity contribution in [1.29, 1.82) is 0 Å². The zero-order valence-electron chi connectivity index (χ0n) is 12.2. The van der Waals surface area contributed by atoms with E-state index in [0.717, 1.165) is 6.54 Å². The molecule has 2 rings (SSSR count). The first-order valence-corrected chi connectivity index (χ1v) is 7.12. The lowest BCUT2D eigenvalue weighted by Crippen LogP contribution is -2.31. The first kappa shape index (κ1) is 13.4. The van der Waals surface area contributed by atoms with E-state index in [9.17, 15) is 0 Å². The summed E-state index contributed by atoms with van der Waals surface area (Å²) in [5, 5.41) is 3.58. The fourth-order valence-electron chi connectivity index (χ4n) is 2.91. The predicted molar refractivity (Wildman–Crippen MR) is 79.4 cm³/mol. The smallest absolute Gasteiger partial charge is 0.0343 e. The normalized spacial score (nSPS) is 20.6. The molecule has 0 spiro atoms. The van der Waals surface area contributed by atoms with Gasteiger partial charge in [0.2, 0.25) is 0 Å².